The second-order valence-electron chi connectivity index (χ2n) is 3.74. The number of benzene rings is 1. The zero-order chi connectivity index (χ0) is 9.42. The largest absolute Gasteiger partial charge is 0.328 e. The Hall–Kier alpha value is -1.31. The third-order valence-corrected chi connectivity index (χ3v) is 2.29. The summed E-state index contributed by atoms with van der Waals surface area (Å²) in [5, 5.41) is 0. The predicted molar refractivity (Wildman–Crippen MR) is 54.9 cm³/mol. The summed E-state index contributed by atoms with van der Waals surface area (Å²) in [6.07, 6.45) is 1.91. The van der Waals surface area contributed by atoms with E-state index in [1.165, 1.54) is 11.1 Å². The molecule has 0 saturated heterocycles. The van der Waals surface area contributed by atoms with E-state index in [1.54, 1.807) is 0 Å². The van der Waals surface area contributed by atoms with Crippen LogP contribution in [0.3, 0.4) is 0 Å². The minimum Gasteiger partial charge on any atom is -0.328 e. The Bertz CT molecular complexity index is 427. The lowest BCUT2D eigenvalue weighted by atomic mass is 10.2. The van der Waals surface area contributed by atoms with Gasteiger partial charge in [0.05, 0.1) is 17.4 Å². The van der Waals surface area contributed by atoms with Crippen LogP contribution in [-0.4, -0.2) is 9.55 Å². The van der Waals surface area contributed by atoms with Crippen molar-refractivity contribution in [1.29, 1.82) is 0 Å². The quantitative estimate of drug-likeness (QED) is 0.650. The highest BCUT2D eigenvalue weighted by molar-refractivity contribution is 5.76. The van der Waals surface area contributed by atoms with Gasteiger partial charge in [-0.25, -0.2) is 4.98 Å². The van der Waals surface area contributed by atoms with Crippen molar-refractivity contribution in [3.8, 4) is 0 Å². The van der Waals surface area contributed by atoms with Crippen LogP contribution in [0.2, 0.25) is 0 Å². The smallest absolute Gasteiger partial charge is 0.0960 e. The third-order valence-electron chi connectivity index (χ3n) is 2.29. The lowest BCUT2D eigenvalue weighted by molar-refractivity contribution is 0.617. The maximum atomic E-state index is 4.34. The molecule has 0 spiro atoms. The third kappa shape index (κ3) is 1.32. The topological polar surface area (TPSA) is 17.8 Å². The zero-order valence-electron chi connectivity index (χ0n) is 8.28. The first-order chi connectivity index (χ1) is 6.18. The summed E-state index contributed by atoms with van der Waals surface area (Å²) in [4.78, 5) is 4.34. The van der Waals surface area contributed by atoms with Crippen LogP contribution in [0.25, 0.3) is 11.0 Å². The monoisotopic (exact) mass is 174 g/mol. The van der Waals surface area contributed by atoms with Gasteiger partial charge in [0, 0.05) is 6.04 Å². The summed E-state index contributed by atoms with van der Waals surface area (Å²) in [5.41, 5.74) is 3.60. The lowest BCUT2D eigenvalue weighted by Crippen LogP contribution is -1.97. The SMILES string of the molecule is Cc1ccc2ncn(C(C)C)c2c1. The van der Waals surface area contributed by atoms with Crippen LogP contribution in [0.5, 0.6) is 0 Å². The van der Waals surface area contributed by atoms with Crippen molar-refractivity contribution in [1.82, 2.24) is 9.55 Å². The number of nitrogens with zero attached hydrogens (tertiary/aromatic N) is 2. The van der Waals surface area contributed by atoms with E-state index in [0.717, 1.165) is 5.52 Å². The molecule has 0 aliphatic heterocycles. The van der Waals surface area contributed by atoms with E-state index >= 15 is 0 Å². The van der Waals surface area contributed by atoms with Gasteiger partial charge in [0.2, 0.25) is 0 Å². The van der Waals surface area contributed by atoms with Crippen molar-refractivity contribution < 1.29 is 0 Å². The second kappa shape index (κ2) is 2.87. The molecule has 0 aliphatic carbocycles. The lowest BCUT2D eigenvalue weighted by Gasteiger charge is -2.07. The molecule has 68 valence electrons. The van der Waals surface area contributed by atoms with Gasteiger partial charge in [-0.1, -0.05) is 6.07 Å². The predicted octanol–water partition coefficient (Wildman–Crippen LogP) is 2.93. The Morgan fingerprint density at radius 2 is 2.08 bits per heavy atom. The number of hydrogen-bond donors (Lipinski definition) is 0. The Balaban J connectivity index is 2.71. The molecule has 1 heterocycles. The van der Waals surface area contributed by atoms with Gasteiger partial charge in [-0.3, -0.25) is 0 Å². The molecule has 2 aromatic rings. The van der Waals surface area contributed by atoms with E-state index in [1.807, 2.05) is 6.33 Å². The fourth-order valence-corrected chi connectivity index (χ4v) is 1.55. The molecule has 2 rings (SSSR count). The van der Waals surface area contributed by atoms with Crippen LogP contribution in [0.1, 0.15) is 25.5 Å². The van der Waals surface area contributed by atoms with Crippen LogP contribution >= 0.6 is 0 Å². The van der Waals surface area contributed by atoms with Gasteiger partial charge >= 0.3 is 0 Å². The van der Waals surface area contributed by atoms with E-state index in [4.69, 9.17) is 0 Å². The summed E-state index contributed by atoms with van der Waals surface area (Å²) < 4.78 is 2.20. The highest BCUT2D eigenvalue weighted by Gasteiger charge is 2.04. The van der Waals surface area contributed by atoms with Gasteiger partial charge in [-0.2, -0.15) is 0 Å². The number of fused-ring (bicyclic) bond motifs is 1. The highest BCUT2D eigenvalue weighted by Crippen LogP contribution is 2.18. The first-order valence-corrected chi connectivity index (χ1v) is 4.61. The normalized spacial score (nSPS) is 11.4. The summed E-state index contributed by atoms with van der Waals surface area (Å²) >= 11 is 0. The van der Waals surface area contributed by atoms with Crippen LogP contribution in [0, 0.1) is 6.92 Å². The summed E-state index contributed by atoms with van der Waals surface area (Å²) in [5.74, 6) is 0. The van der Waals surface area contributed by atoms with Crippen molar-refractivity contribution in [3.05, 3.63) is 30.1 Å². The molecule has 0 unspecified atom stereocenters. The number of aryl methyl sites for hydroxylation is 1. The summed E-state index contributed by atoms with van der Waals surface area (Å²) in [7, 11) is 0. The minimum absolute atomic E-state index is 0.479. The molecule has 1 aromatic heterocycles. The molecule has 0 N–H and O–H groups in total. The number of rotatable bonds is 1. The Kier molecular flexibility index (Phi) is 1.83. The Morgan fingerprint density at radius 3 is 2.77 bits per heavy atom. The van der Waals surface area contributed by atoms with Gasteiger partial charge in [-0.15, -0.1) is 0 Å². The first-order valence-electron chi connectivity index (χ1n) is 4.61. The maximum Gasteiger partial charge on any atom is 0.0960 e. The van der Waals surface area contributed by atoms with Gasteiger partial charge in [0.25, 0.3) is 0 Å². The van der Waals surface area contributed by atoms with E-state index in [0.29, 0.717) is 6.04 Å². The molecule has 0 saturated carbocycles. The van der Waals surface area contributed by atoms with Gasteiger partial charge in [-0.05, 0) is 38.5 Å². The molecule has 0 aliphatic rings. The average Bonchev–Trinajstić information content (AvgIpc) is 2.46. The minimum atomic E-state index is 0.479. The van der Waals surface area contributed by atoms with Crippen molar-refractivity contribution in [2.45, 2.75) is 26.8 Å². The van der Waals surface area contributed by atoms with Crippen LogP contribution < -0.4 is 0 Å². The first kappa shape index (κ1) is 8.30. The van der Waals surface area contributed by atoms with Crippen molar-refractivity contribution in [3.63, 3.8) is 0 Å². The van der Waals surface area contributed by atoms with E-state index in [-0.39, 0.29) is 0 Å². The molecular weight excluding hydrogens is 160 g/mol. The van der Waals surface area contributed by atoms with E-state index in [2.05, 4.69) is 48.5 Å². The second-order valence-corrected chi connectivity index (χ2v) is 3.74. The van der Waals surface area contributed by atoms with E-state index in [9.17, 15) is 0 Å². The van der Waals surface area contributed by atoms with Crippen LogP contribution in [0.4, 0.5) is 0 Å². The molecule has 0 radical (unpaired) electrons. The van der Waals surface area contributed by atoms with Gasteiger partial charge in [0.1, 0.15) is 0 Å². The average molecular weight is 174 g/mol. The molecule has 0 atom stereocenters. The molecule has 13 heavy (non-hydrogen) atoms. The summed E-state index contributed by atoms with van der Waals surface area (Å²) in [6.45, 7) is 6.45. The fourth-order valence-electron chi connectivity index (χ4n) is 1.55. The Labute approximate surface area is 78.2 Å². The van der Waals surface area contributed by atoms with Crippen molar-refractivity contribution >= 4 is 11.0 Å². The van der Waals surface area contributed by atoms with Crippen LogP contribution in [-0.2, 0) is 0 Å². The van der Waals surface area contributed by atoms with E-state index < -0.39 is 0 Å². The molecule has 2 heteroatoms. The molecule has 2 nitrogen and oxygen atoms in total. The molecular formula is C11H14N2. The van der Waals surface area contributed by atoms with Crippen LogP contribution in [0.15, 0.2) is 24.5 Å². The summed E-state index contributed by atoms with van der Waals surface area (Å²) in [6, 6.07) is 6.83. The maximum absolute atomic E-state index is 4.34. The Morgan fingerprint density at radius 1 is 1.31 bits per heavy atom. The standard InChI is InChI=1S/C11H14N2/c1-8(2)13-7-12-10-5-4-9(3)6-11(10)13/h4-8H,1-3H3. The highest BCUT2D eigenvalue weighted by atomic mass is 15.1. The molecule has 0 amide bonds. The van der Waals surface area contributed by atoms with Crippen molar-refractivity contribution in [2.24, 2.45) is 0 Å². The van der Waals surface area contributed by atoms with Gasteiger partial charge in [0.15, 0.2) is 0 Å². The fraction of sp³-hybridized carbons (Fsp3) is 0.364. The number of aromatic nitrogens is 2. The molecule has 1 aromatic carbocycles. The van der Waals surface area contributed by atoms with Gasteiger partial charge < -0.3 is 4.57 Å². The van der Waals surface area contributed by atoms with Crippen molar-refractivity contribution in [2.75, 3.05) is 0 Å². The molecule has 0 fully saturated rings. The number of imidazole rings is 1. The number of hydrogen-bond acceptors (Lipinski definition) is 1. The molecule has 0 bridgehead atoms. The zero-order valence-corrected chi connectivity index (χ0v) is 8.28.